The SMILES string of the molecule is O=C1C(Cl)=C(N[C@H](Cc2c[nH]c3ccccc23)C(=O)O)C(=O)c2ccccc21. The first kappa shape index (κ1) is 18.0. The van der Waals surface area contributed by atoms with Crippen molar-refractivity contribution in [1.82, 2.24) is 10.3 Å². The molecule has 6 nitrogen and oxygen atoms in total. The Hall–Kier alpha value is -3.38. The van der Waals surface area contributed by atoms with Crippen molar-refractivity contribution >= 4 is 40.0 Å². The largest absolute Gasteiger partial charge is 0.480 e. The number of hydrogen-bond acceptors (Lipinski definition) is 4. The Bertz CT molecular complexity index is 1160. The van der Waals surface area contributed by atoms with Gasteiger partial charge in [0.1, 0.15) is 16.8 Å². The number of carbonyl (C=O) groups is 3. The number of aliphatic carboxylic acids is 1. The van der Waals surface area contributed by atoms with E-state index in [2.05, 4.69) is 10.3 Å². The first-order chi connectivity index (χ1) is 13.5. The number of para-hydroxylation sites is 1. The molecule has 1 atom stereocenters. The molecule has 1 heterocycles. The molecule has 0 amide bonds. The van der Waals surface area contributed by atoms with Gasteiger partial charge < -0.3 is 15.4 Å². The molecule has 0 radical (unpaired) electrons. The van der Waals surface area contributed by atoms with Crippen LogP contribution in [-0.2, 0) is 11.2 Å². The molecule has 0 saturated carbocycles. The Kier molecular flexibility index (Phi) is 4.49. The third-order valence-corrected chi connectivity index (χ3v) is 5.14. The summed E-state index contributed by atoms with van der Waals surface area (Å²) in [5.74, 6) is -2.15. The number of allylic oxidation sites excluding steroid dienone is 2. The molecule has 28 heavy (non-hydrogen) atoms. The van der Waals surface area contributed by atoms with Gasteiger partial charge in [-0.15, -0.1) is 0 Å². The normalized spacial score (nSPS) is 14.9. The van der Waals surface area contributed by atoms with Gasteiger partial charge in [-0.1, -0.05) is 54.1 Å². The highest BCUT2D eigenvalue weighted by Gasteiger charge is 2.33. The fourth-order valence-electron chi connectivity index (χ4n) is 3.37. The summed E-state index contributed by atoms with van der Waals surface area (Å²) in [6.45, 7) is 0. The lowest BCUT2D eigenvalue weighted by atomic mass is 9.92. The van der Waals surface area contributed by atoms with Gasteiger partial charge in [0, 0.05) is 34.6 Å². The summed E-state index contributed by atoms with van der Waals surface area (Å²) in [4.78, 5) is 40.2. The van der Waals surface area contributed by atoms with Crippen LogP contribution in [0.1, 0.15) is 26.3 Å². The van der Waals surface area contributed by atoms with Crippen LogP contribution < -0.4 is 5.32 Å². The fraction of sp³-hybridized carbons (Fsp3) is 0.0952. The molecule has 1 aliphatic rings. The highest BCUT2D eigenvalue weighted by molar-refractivity contribution is 6.49. The minimum absolute atomic E-state index is 0.107. The quantitative estimate of drug-likeness (QED) is 0.616. The lowest BCUT2D eigenvalue weighted by Crippen LogP contribution is -2.42. The third kappa shape index (κ3) is 2.97. The number of Topliss-reactive ketones (excluding diaryl/α,β-unsaturated/α-hetero) is 2. The zero-order valence-electron chi connectivity index (χ0n) is 14.5. The number of benzene rings is 2. The number of rotatable bonds is 5. The summed E-state index contributed by atoms with van der Waals surface area (Å²) < 4.78 is 0. The van der Waals surface area contributed by atoms with Crippen LogP contribution in [0.5, 0.6) is 0 Å². The molecule has 4 rings (SSSR count). The van der Waals surface area contributed by atoms with Crippen molar-refractivity contribution < 1.29 is 19.5 Å². The Morgan fingerprint density at radius 2 is 1.68 bits per heavy atom. The number of fused-ring (bicyclic) bond motifs is 2. The van der Waals surface area contributed by atoms with Gasteiger partial charge in [-0.05, 0) is 11.6 Å². The molecule has 0 aliphatic heterocycles. The summed E-state index contributed by atoms with van der Waals surface area (Å²) >= 11 is 6.13. The van der Waals surface area contributed by atoms with Crippen molar-refractivity contribution in [2.24, 2.45) is 0 Å². The Morgan fingerprint density at radius 3 is 2.39 bits per heavy atom. The summed E-state index contributed by atoms with van der Waals surface area (Å²) in [6, 6.07) is 12.7. The highest BCUT2D eigenvalue weighted by atomic mass is 35.5. The molecule has 0 unspecified atom stereocenters. The van der Waals surface area contributed by atoms with E-state index in [1.807, 2.05) is 24.3 Å². The maximum absolute atomic E-state index is 12.8. The Labute approximate surface area is 164 Å². The lowest BCUT2D eigenvalue weighted by molar-refractivity contribution is -0.139. The molecule has 1 aliphatic carbocycles. The standard InChI is InChI=1S/C21H15ClN2O4/c22-17-18(20(26)14-7-2-1-6-13(14)19(17)25)24-16(21(27)28)9-11-10-23-15-8-4-3-5-12(11)15/h1-8,10,16,23-24H,9H2,(H,27,28)/t16-/m1/s1. The van der Waals surface area contributed by atoms with E-state index < -0.39 is 23.6 Å². The van der Waals surface area contributed by atoms with Gasteiger partial charge in [0.15, 0.2) is 0 Å². The fourth-order valence-corrected chi connectivity index (χ4v) is 3.61. The number of aromatic amines is 1. The average Bonchev–Trinajstić information content (AvgIpc) is 3.11. The molecule has 0 saturated heterocycles. The molecule has 3 aromatic rings. The molecule has 3 N–H and O–H groups in total. The highest BCUT2D eigenvalue weighted by Crippen LogP contribution is 2.28. The molecular weight excluding hydrogens is 380 g/mol. The van der Waals surface area contributed by atoms with Crippen LogP contribution in [0.15, 0.2) is 65.5 Å². The minimum atomic E-state index is -1.15. The monoisotopic (exact) mass is 394 g/mol. The van der Waals surface area contributed by atoms with Gasteiger partial charge >= 0.3 is 5.97 Å². The van der Waals surface area contributed by atoms with Crippen molar-refractivity contribution in [1.29, 1.82) is 0 Å². The van der Waals surface area contributed by atoms with Gasteiger partial charge in [0.05, 0.1) is 0 Å². The number of halogens is 1. The number of carboxylic acid groups (broad SMARTS) is 1. The van der Waals surface area contributed by atoms with Crippen LogP contribution in [-0.4, -0.2) is 33.7 Å². The molecule has 140 valence electrons. The van der Waals surface area contributed by atoms with Crippen molar-refractivity contribution in [3.8, 4) is 0 Å². The van der Waals surface area contributed by atoms with Crippen molar-refractivity contribution in [3.63, 3.8) is 0 Å². The van der Waals surface area contributed by atoms with Crippen LogP contribution in [0.25, 0.3) is 10.9 Å². The van der Waals surface area contributed by atoms with E-state index in [1.165, 1.54) is 12.1 Å². The number of hydrogen-bond donors (Lipinski definition) is 3. The maximum Gasteiger partial charge on any atom is 0.326 e. The molecule has 0 fully saturated rings. The van der Waals surface area contributed by atoms with Crippen LogP contribution in [0, 0.1) is 0 Å². The first-order valence-corrected chi connectivity index (χ1v) is 8.97. The van der Waals surface area contributed by atoms with Crippen LogP contribution >= 0.6 is 11.6 Å². The number of H-pyrrole nitrogens is 1. The Morgan fingerprint density at radius 1 is 1.04 bits per heavy atom. The average molecular weight is 395 g/mol. The van der Waals surface area contributed by atoms with Gasteiger partial charge in [-0.25, -0.2) is 4.79 Å². The molecule has 2 aromatic carbocycles. The zero-order valence-corrected chi connectivity index (χ0v) is 15.3. The van der Waals surface area contributed by atoms with Gasteiger partial charge in [0.2, 0.25) is 11.6 Å². The zero-order chi connectivity index (χ0) is 19.8. The molecule has 7 heteroatoms. The van der Waals surface area contributed by atoms with Crippen LogP contribution in [0.4, 0.5) is 0 Å². The van der Waals surface area contributed by atoms with E-state index >= 15 is 0 Å². The summed E-state index contributed by atoms with van der Waals surface area (Å²) in [5, 5.41) is 13.0. The first-order valence-electron chi connectivity index (χ1n) is 8.60. The predicted molar refractivity (Wildman–Crippen MR) is 105 cm³/mol. The van der Waals surface area contributed by atoms with E-state index in [0.717, 1.165) is 16.5 Å². The number of carbonyl (C=O) groups excluding carboxylic acids is 2. The topological polar surface area (TPSA) is 99.3 Å². The van der Waals surface area contributed by atoms with Gasteiger partial charge in [-0.2, -0.15) is 0 Å². The van der Waals surface area contributed by atoms with Gasteiger partial charge in [-0.3, -0.25) is 9.59 Å². The maximum atomic E-state index is 12.8. The van der Waals surface area contributed by atoms with Crippen LogP contribution in [0.2, 0.25) is 0 Å². The second-order valence-electron chi connectivity index (χ2n) is 6.49. The molecule has 1 aromatic heterocycles. The molecular formula is C21H15ClN2O4. The summed E-state index contributed by atoms with van der Waals surface area (Å²) in [7, 11) is 0. The number of ketones is 2. The molecule has 0 bridgehead atoms. The van der Waals surface area contributed by atoms with E-state index in [0.29, 0.717) is 0 Å². The lowest BCUT2D eigenvalue weighted by Gasteiger charge is -2.22. The number of carboxylic acids is 1. The Balaban J connectivity index is 1.67. The number of aromatic nitrogens is 1. The number of nitrogens with one attached hydrogen (secondary N) is 2. The van der Waals surface area contributed by atoms with E-state index in [1.54, 1.807) is 18.3 Å². The van der Waals surface area contributed by atoms with Gasteiger partial charge in [0.25, 0.3) is 0 Å². The van der Waals surface area contributed by atoms with E-state index in [-0.39, 0.29) is 28.3 Å². The van der Waals surface area contributed by atoms with E-state index in [4.69, 9.17) is 11.6 Å². The third-order valence-electron chi connectivity index (χ3n) is 4.78. The van der Waals surface area contributed by atoms with Crippen molar-refractivity contribution in [2.75, 3.05) is 0 Å². The van der Waals surface area contributed by atoms with Crippen molar-refractivity contribution in [2.45, 2.75) is 12.5 Å². The second kappa shape index (κ2) is 6.98. The summed E-state index contributed by atoms with van der Waals surface area (Å²) in [6.07, 6.45) is 1.84. The predicted octanol–water partition coefficient (Wildman–Crippen LogP) is 3.28. The molecule has 0 spiro atoms. The minimum Gasteiger partial charge on any atom is -0.480 e. The summed E-state index contributed by atoms with van der Waals surface area (Å²) in [5.41, 5.74) is 1.90. The second-order valence-corrected chi connectivity index (χ2v) is 6.87. The smallest absolute Gasteiger partial charge is 0.326 e. The van der Waals surface area contributed by atoms with Crippen LogP contribution in [0.3, 0.4) is 0 Å². The van der Waals surface area contributed by atoms with Crippen molar-refractivity contribution in [3.05, 3.63) is 82.1 Å². The van der Waals surface area contributed by atoms with E-state index in [9.17, 15) is 19.5 Å².